The van der Waals surface area contributed by atoms with Crippen molar-refractivity contribution in [3.63, 3.8) is 0 Å². The summed E-state index contributed by atoms with van der Waals surface area (Å²) < 4.78 is 14.3. The number of ether oxygens (including phenoxy) is 2. The molecule has 0 fully saturated rings. The van der Waals surface area contributed by atoms with Gasteiger partial charge in [-0.3, -0.25) is 4.79 Å². The Hall–Kier alpha value is -2.98. The minimum absolute atomic E-state index is 0.218. The van der Waals surface area contributed by atoms with Crippen LogP contribution in [0.3, 0.4) is 0 Å². The summed E-state index contributed by atoms with van der Waals surface area (Å²) in [5, 5.41) is 11.7. The van der Waals surface area contributed by atoms with Crippen LogP contribution >= 0.6 is 27.7 Å². The number of rotatable bonds is 9. The second kappa shape index (κ2) is 11.4. The van der Waals surface area contributed by atoms with Crippen LogP contribution in [-0.2, 0) is 4.79 Å². The molecule has 2 aromatic carbocycles. The van der Waals surface area contributed by atoms with Gasteiger partial charge in [-0.15, -0.1) is 5.10 Å². The first-order chi connectivity index (χ1) is 17.4. The lowest BCUT2D eigenvalue weighted by atomic mass is 9.94. The number of allylic oxidation sites excluding steroid dienone is 1. The Kier molecular flexibility index (Phi) is 8.25. The van der Waals surface area contributed by atoms with Gasteiger partial charge in [-0.25, -0.2) is 4.68 Å². The van der Waals surface area contributed by atoms with E-state index in [4.69, 9.17) is 14.6 Å². The van der Waals surface area contributed by atoms with E-state index in [1.807, 2.05) is 64.1 Å². The summed E-state index contributed by atoms with van der Waals surface area (Å²) in [6.07, 6.45) is 0. The van der Waals surface area contributed by atoms with E-state index < -0.39 is 6.04 Å². The molecule has 4 rings (SSSR count). The van der Waals surface area contributed by atoms with Crippen molar-refractivity contribution in [3.8, 4) is 11.5 Å². The van der Waals surface area contributed by atoms with Gasteiger partial charge in [0.1, 0.15) is 6.04 Å². The molecule has 1 aromatic heterocycles. The number of hydrogen-bond donors (Lipinski definition) is 2. The summed E-state index contributed by atoms with van der Waals surface area (Å²) in [6.45, 7) is 10.8. The number of carbonyl (C=O) groups is 1. The second-order valence-corrected chi connectivity index (χ2v) is 10.3. The molecule has 2 heterocycles. The molecule has 1 amide bonds. The van der Waals surface area contributed by atoms with Gasteiger partial charge in [0, 0.05) is 11.4 Å². The van der Waals surface area contributed by atoms with Gasteiger partial charge >= 0.3 is 0 Å². The fraction of sp³-hybridized carbons (Fsp3) is 0.346. The summed E-state index contributed by atoms with van der Waals surface area (Å²) in [7, 11) is 0. The first-order valence-corrected chi connectivity index (χ1v) is 13.7. The van der Waals surface area contributed by atoms with Crippen LogP contribution in [0.4, 0.5) is 11.6 Å². The van der Waals surface area contributed by atoms with Crippen LogP contribution in [0.1, 0.15) is 44.9 Å². The van der Waals surface area contributed by atoms with Crippen LogP contribution in [-0.4, -0.2) is 39.6 Å². The summed E-state index contributed by atoms with van der Waals surface area (Å²) in [5.41, 5.74) is 3.87. The third kappa shape index (κ3) is 5.39. The molecule has 0 saturated heterocycles. The average molecular weight is 573 g/mol. The maximum atomic E-state index is 13.7. The van der Waals surface area contributed by atoms with Crippen LogP contribution in [0, 0.1) is 6.92 Å². The first-order valence-electron chi connectivity index (χ1n) is 11.9. The molecule has 1 unspecified atom stereocenters. The summed E-state index contributed by atoms with van der Waals surface area (Å²) >= 11 is 5.20. The van der Waals surface area contributed by atoms with Crippen molar-refractivity contribution in [2.24, 2.45) is 0 Å². The fourth-order valence-electron chi connectivity index (χ4n) is 4.14. The quantitative estimate of drug-likeness (QED) is 0.296. The molecule has 8 nitrogen and oxygen atoms in total. The van der Waals surface area contributed by atoms with Crippen molar-refractivity contribution < 1.29 is 14.3 Å². The number of halogens is 1. The predicted molar refractivity (Wildman–Crippen MR) is 147 cm³/mol. The van der Waals surface area contributed by atoms with Gasteiger partial charge < -0.3 is 20.1 Å². The van der Waals surface area contributed by atoms with Gasteiger partial charge in [-0.1, -0.05) is 30.8 Å². The zero-order valence-corrected chi connectivity index (χ0v) is 23.4. The van der Waals surface area contributed by atoms with Crippen molar-refractivity contribution in [1.29, 1.82) is 0 Å². The Labute approximate surface area is 224 Å². The highest BCUT2D eigenvalue weighted by atomic mass is 79.9. The van der Waals surface area contributed by atoms with E-state index in [1.54, 1.807) is 16.4 Å². The summed E-state index contributed by atoms with van der Waals surface area (Å²) in [5.74, 6) is 2.44. The van der Waals surface area contributed by atoms with Crippen molar-refractivity contribution in [2.75, 3.05) is 29.6 Å². The molecule has 3 aromatic rings. The number of aromatic nitrogens is 3. The van der Waals surface area contributed by atoms with E-state index in [0.717, 1.165) is 27.0 Å². The Morgan fingerprint density at radius 3 is 2.64 bits per heavy atom. The molecule has 1 aliphatic heterocycles. The maximum absolute atomic E-state index is 13.7. The number of amides is 1. The van der Waals surface area contributed by atoms with Crippen LogP contribution in [0.15, 0.2) is 57.3 Å². The molecular formula is C26H30BrN5O3S. The lowest BCUT2D eigenvalue weighted by Crippen LogP contribution is -2.31. The number of anilines is 2. The molecule has 2 N–H and O–H groups in total. The molecule has 1 aliphatic rings. The number of benzene rings is 2. The molecule has 190 valence electrons. The highest BCUT2D eigenvalue weighted by Gasteiger charge is 2.35. The van der Waals surface area contributed by atoms with Gasteiger partial charge in [-0.05, 0) is 84.8 Å². The SMILES string of the molecule is CCOc1cc(C2C(C(=O)Nc3cccc(C)c3)=C(C)Nc3nc(SCC)nn32)cc(Br)c1OCC. The zero-order valence-electron chi connectivity index (χ0n) is 21.0. The Bertz CT molecular complexity index is 1310. The van der Waals surface area contributed by atoms with E-state index >= 15 is 0 Å². The minimum atomic E-state index is -0.532. The maximum Gasteiger partial charge on any atom is 0.255 e. The average Bonchev–Trinajstić information content (AvgIpc) is 3.22. The van der Waals surface area contributed by atoms with Crippen molar-refractivity contribution >= 4 is 45.2 Å². The van der Waals surface area contributed by atoms with Gasteiger partial charge in [0.15, 0.2) is 11.5 Å². The highest BCUT2D eigenvalue weighted by molar-refractivity contribution is 9.10. The van der Waals surface area contributed by atoms with Crippen molar-refractivity contribution in [1.82, 2.24) is 14.8 Å². The van der Waals surface area contributed by atoms with Gasteiger partial charge in [0.05, 0.1) is 23.3 Å². The number of hydrogen-bond acceptors (Lipinski definition) is 7. The molecular weight excluding hydrogens is 542 g/mol. The second-order valence-electron chi connectivity index (χ2n) is 8.18. The first kappa shape index (κ1) is 26.1. The number of aryl methyl sites for hydroxylation is 1. The lowest BCUT2D eigenvalue weighted by Gasteiger charge is -2.29. The number of carbonyl (C=O) groups excluding carboxylic acids is 1. The highest BCUT2D eigenvalue weighted by Crippen LogP contribution is 2.43. The largest absolute Gasteiger partial charge is 0.490 e. The van der Waals surface area contributed by atoms with E-state index in [1.165, 1.54) is 0 Å². The van der Waals surface area contributed by atoms with Gasteiger partial charge in [-0.2, -0.15) is 4.98 Å². The number of nitrogens with zero attached hydrogens (tertiary/aromatic N) is 3. The molecule has 0 bridgehead atoms. The van der Waals surface area contributed by atoms with Gasteiger partial charge in [0.25, 0.3) is 5.91 Å². The van der Waals surface area contributed by atoms with Crippen LogP contribution in [0.5, 0.6) is 11.5 Å². The number of thioether (sulfide) groups is 1. The molecule has 0 aliphatic carbocycles. The predicted octanol–water partition coefficient (Wildman–Crippen LogP) is 6.19. The lowest BCUT2D eigenvalue weighted by molar-refractivity contribution is -0.113. The third-order valence-corrected chi connectivity index (χ3v) is 6.87. The van der Waals surface area contributed by atoms with Crippen LogP contribution in [0.2, 0.25) is 0 Å². The summed E-state index contributed by atoms with van der Waals surface area (Å²) in [6, 6.07) is 11.1. The van der Waals surface area contributed by atoms with E-state index in [9.17, 15) is 4.79 Å². The van der Waals surface area contributed by atoms with Crippen LogP contribution < -0.4 is 20.1 Å². The monoisotopic (exact) mass is 571 g/mol. The molecule has 0 radical (unpaired) electrons. The van der Waals surface area contributed by atoms with Crippen molar-refractivity contribution in [2.45, 2.75) is 45.8 Å². The molecule has 0 saturated carbocycles. The normalized spacial score (nSPS) is 14.8. The molecule has 36 heavy (non-hydrogen) atoms. The summed E-state index contributed by atoms with van der Waals surface area (Å²) in [4.78, 5) is 18.4. The smallest absolute Gasteiger partial charge is 0.255 e. The number of nitrogens with one attached hydrogen (secondary N) is 2. The van der Waals surface area contributed by atoms with E-state index in [-0.39, 0.29) is 5.91 Å². The Morgan fingerprint density at radius 2 is 1.94 bits per heavy atom. The molecule has 1 atom stereocenters. The topological polar surface area (TPSA) is 90.3 Å². The minimum Gasteiger partial charge on any atom is -0.490 e. The van der Waals surface area contributed by atoms with E-state index in [2.05, 4.69) is 38.5 Å². The zero-order chi connectivity index (χ0) is 25.8. The van der Waals surface area contributed by atoms with Crippen LogP contribution in [0.25, 0.3) is 0 Å². The number of fused-ring (bicyclic) bond motifs is 1. The Balaban J connectivity index is 1.85. The molecule has 0 spiro atoms. The standard InChI is InChI=1S/C26H30BrN5O3S/c1-6-34-20-14-17(13-19(27)23(20)35-7-2)22-21(24(33)29-18-11-9-10-15(4)12-18)16(5)28-25-30-26(36-8-3)31-32(22)25/h9-14,22H,6-8H2,1-5H3,(H,29,33)(H,28,30,31). The molecule has 10 heteroatoms. The van der Waals surface area contributed by atoms with Crippen molar-refractivity contribution in [3.05, 3.63) is 63.3 Å². The fourth-order valence-corrected chi connectivity index (χ4v) is 5.27. The Morgan fingerprint density at radius 1 is 1.17 bits per heavy atom. The van der Waals surface area contributed by atoms with Gasteiger partial charge in [0.2, 0.25) is 11.1 Å². The van der Waals surface area contributed by atoms with E-state index in [0.29, 0.717) is 47.1 Å². The third-order valence-electron chi connectivity index (χ3n) is 5.56.